The smallest absolute Gasteiger partial charge is 0.222 e. The second-order valence-electron chi connectivity index (χ2n) is 6.89. The molecule has 2 fully saturated rings. The number of ether oxygens (including phenoxy) is 1. The van der Waals surface area contributed by atoms with Crippen LogP contribution < -0.4 is 4.90 Å². The molecule has 0 bridgehead atoms. The van der Waals surface area contributed by atoms with Crippen LogP contribution in [0.5, 0.6) is 0 Å². The Kier molecular flexibility index (Phi) is 5.16. The molecule has 0 aromatic carbocycles. The maximum Gasteiger partial charge on any atom is 0.222 e. The first-order valence-electron chi connectivity index (χ1n) is 8.64. The Morgan fingerprint density at radius 1 is 1.26 bits per heavy atom. The van der Waals surface area contributed by atoms with Gasteiger partial charge in [0.1, 0.15) is 0 Å². The number of hydrogen-bond acceptors (Lipinski definition) is 4. The van der Waals surface area contributed by atoms with Gasteiger partial charge in [0, 0.05) is 69.8 Å². The summed E-state index contributed by atoms with van der Waals surface area (Å²) in [5.41, 5.74) is 1.50. The minimum atomic E-state index is 0.252. The Bertz CT molecular complexity index is 522. The number of hydrogen-bond donors (Lipinski definition) is 0. The Morgan fingerprint density at radius 2 is 2.09 bits per heavy atom. The summed E-state index contributed by atoms with van der Waals surface area (Å²) in [6, 6.07) is 4.17. The largest absolute Gasteiger partial charge is 0.385 e. The molecule has 2 aliphatic heterocycles. The van der Waals surface area contributed by atoms with Crippen molar-refractivity contribution in [3.63, 3.8) is 0 Å². The topological polar surface area (TPSA) is 45.7 Å². The molecule has 5 nitrogen and oxygen atoms in total. The van der Waals surface area contributed by atoms with Gasteiger partial charge >= 0.3 is 0 Å². The van der Waals surface area contributed by atoms with Crippen LogP contribution in [0.4, 0.5) is 5.69 Å². The van der Waals surface area contributed by atoms with Gasteiger partial charge in [0.05, 0.1) is 0 Å². The van der Waals surface area contributed by atoms with Gasteiger partial charge in [0.15, 0.2) is 0 Å². The maximum absolute atomic E-state index is 12.2. The van der Waals surface area contributed by atoms with Crippen molar-refractivity contribution < 1.29 is 9.53 Å². The van der Waals surface area contributed by atoms with Gasteiger partial charge in [-0.05, 0) is 37.8 Å². The Balaban J connectivity index is 1.67. The zero-order chi connectivity index (χ0) is 16.1. The SMILES string of the molecule is COCCCN1C[C@@]2(CCCN(c3ccncc3)C2)CCC1=O. The summed E-state index contributed by atoms with van der Waals surface area (Å²) in [6.45, 7) is 4.59. The van der Waals surface area contributed by atoms with Crippen LogP contribution in [0.2, 0.25) is 0 Å². The summed E-state index contributed by atoms with van der Waals surface area (Å²) in [7, 11) is 1.72. The molecule has 3 heterocycles. The normalized spacial score (nSPS) is 25.2. The highest BCUT2D eigenvalue weighted by atomic mass is 16.5. The lowest BCUT2D eigenvalue weighted by Gasteiger charge is -2.49. The van der Waals surface area contributed by atoms with Crippen molar-refractivity contribution in [1.82, 2.24) is 9.88 Å². The Morgan fingerprint density at radius 3 is 2.87 bits per heavy atom. The zero-order valence-corrected chi connectivity index (χ0v) is 14.0. The Hall–Kier alpha value is -1.62. The van der Waals surface area contributed by atoms with Gasteiger partial charge < -0.3 is 14.5 Å². The van der Waals surface area contributed by atoms with Crippen LogP contribution in [-0.4, -0.2) is 55.7 Å². The molecule has 2 saturated heterocycles. The predicted molar refractivity (Wildman–Crippen MR) is 90.4 cm³/mol. The van der Waals surface area contributed by atoms with Gasteiger partial charge in [-0.15, -0.1) is 0 Å². The molecule has 0 saturated carbocycles. The van der Waals surface area contributed by atoms with Crippen LogP contribution in [0.1, 0.15) is 32.1 Å². The molecular formula is C18H27N3O2. The minimum Gasteiger partial charge on any atom is -0.385 e. The van der Waals surface area contributed by atoms with Crippen LogP contribution in [0.25, 0.3) is 0 Å². The van der Waals surface area contributed by atoms with E-state index in [2.05, 4.69) is 26.9 Å². The third-order valence-corrected chi connectivity index (χ3v) is 5.21. The van der Waals surface area contributed by atoms with Gasteiger partial charge in [-0.2, -0.15) is 0 Å². The third-order valence-electron chi connectivity index (χ3n) is 5.21. The molecule has 3 rings (SSSR count). The van der Waals surface area contributed by atoms with E-state index in [1.54, 1.807) is 7.11 Å². The van der Waals surface area contributed by atoms with Crippen molar-refractivity contribution in [2.24, 2.45) is 5.41 Å². The molecule has 1 spiro atoms. The summed E-state index contributed by atoms with van der Waals surface area (Å²) in [6.07, 6.45) is 8.78. The van der Waals surface area contributed by atoms with E-state index in [4.69, 9.17) is 4.74 Å². The number of nitrogens with zero attached hydrogens (tertiary/aromatic N) is 3. The number of carbonyl (C=O) groups is 1. The monoisotopic (exact) mass is 317 g/mol. The van der Waals surface area contributed by atoms with E-state index < -0.39 is 0 Å². The highest BCUT2D eigenvalue weighted by molar-refractivity contribution is 5.77. The molecule has 5 heteroatoms. The van der Waals surface area contributed by atoms with Crippen LogP contribution in [0, 0.1) is 5.41 Å². The summed E-state index contributed by atoms with van der Waals surface area (Å²) >= 11 is 0. The van der Waals surface area contributed by atoms with Gasteiger partial charge in [0.25, 0.3) is 0 Å². The number of likely N-dealkylation sites (tertiary alicyclic amines) is 1. The zero-order valence-electron chi connectivity index (χ0n) is 14.0. The van der Waals surface area contributed by atoms with Gasteiger partial charge in [0.2, 0.25) is 5.91 Å². The molecule has 1 amide bonds. The number of amides is 1. The predicted octanol–water partition coefficient (Wildman–Crippen LogP) is 2.33. The molecule has 126 valence electrons. The summed E-state index contributed by atoms with van der Waals surface area (Å²) in [4.78, 5) is 20.9. The molecule has 1 aromatic rings. The number of pyridine rings is 1. The number of aromatic nitrogens is 1. The van der Waals surface area contributed by atoms with E-state index in [1.807, 2.05) is 12.4 Å². The number of rotatable bonds is 5. The molecule has 0 radical (unpaired) electrons. The maximum atomic E-state index is 12.2. The molecule has 2 aliphatic rings. The summed E-state index contributed by atoms with van der Waals surface area (Å²) in [5, 5.41) is 0. The first-order chi connectivity index (χ1) is 11.2. The number of carbonyl (C=O) groups excluding carboxylic acids is 1. The lowest BCUT2D eigenvalue weighted by atomic mass is 9.73. The lowest BCUT2D eigenvalue weighted by Crippen LogP contribution is -2.54. The third kappa shape index (κ3) is 3.83. The standard InChI is InChI=1S/C18H27N3O2/c1-23-13-3-12-21-15-18(8-4-17(21)22)7-2-11-20(14-18)16-5-9-19-10-6-16/h5-6,9-10H,2-4,7-8,11-15H2,1H3/t18-/m0/s1. The van der Waals surface area contributed by atoms with Crippen molar-refractivity contribution in [2.75, 3.05) is 44.8 Å². The highest BCUT2D eigenvalue weighted by Crippen LogP contribution is 2.40. The van der Waals surface area contributed by atoms with Crippen LogP contribution in [0.3, 0.4) is 0 Å². The quantitative estimate of drug-likeness (QED) is 0.782. The average molecular weight is 317 g/mol. The van der Waals surface area contributed by atoms with E-state index >= 15 is 0 Å². The summed E-state index contributed by atoms with van der Waals surface area (Å²) < 4.78 is 5.13. The van der Waals surface area contributed by atoms with E-state index in [0.717, 1.165) is 45.6 Å². The van der Waals surface area contributed by atoms with Crippen molar-refractivity contribution in [3.8, 4) is 0 Å². The molecule has 1 atom stereocenters. The highest BCUT2D eigenvalue weighted by Gasteiger charge is 2.41. The number of methoxy groups -OCH3 is 1. The molecular weight excluding hydrogens is 290 g/mol. The molecule has 1 aromatic heterocycles. The van der Waals surface area contributed by atoms with E-state index in [1.165, 1.54) is 18.5 Å². The van der Waals surface area contributed by atoms with Crippen molar-refractivity contribution in [1.29, 1.82) is 0 Å². The van der Waals surface area contributed by atoms with Crippen LogP contribution in [0.15, 0.2) is 24.5 Å². The second-order valence-corrected chi connectivity index (χ2v) is 6.89. The fourth-order valence-electron chi connectivity index (χ4n) is 4.02. The van der Waals surface area contributed by atoms with Crippen molar-refractivity contribution in [2.45, 2.75) is 32.1 Å². The molecule has 0 N–H and O–H groups in total. The molecule has 23 heavy (non-hydrogen) atoms. The first kappa shape index (κ1) is 16.2. The van der Waals surface area contributed by atoms with Gasteiger partial charge in [-0.3, -0.25) is 9.78 Å². The average Bonchev–Trinajstić information content (AvgIpc) is 2.59. The van der Waals surface area contributed by atoms with E-state index in [9.17, 15) is 4.79 Å². The molecule has 0 aliphatic carbocycles. The van der Waals surface area contributed by atoms with E-state index in [0.29, 0.717) is 12.3 Å². The van der Waals surface area contributed by atoms with E-state index in [-0.39, 0.29) is 5.41 Å². The van der Waals surface area contributed by atoms with Crippen molar-refractivity contribution in [3.05, 3.63) is 24.5 Å². The second kappa shape index (κ2) is 7.30. The van der Waals surface area contributed by atoms with Crippen molar-refractivity contribution >= 4 is 11.6 Å². The fraction of sp³-hybridized carbons (Fsp3) is 0.667. The number of piperidine rings is 2. The number of anilines is 1. The minimum absolute atomic E-state index is 0.252. The van der Waals surface area contributed by atoms with Crippen LogP contribution in [-0.2, 0) is 9.53 Å². The molecule has 0 unspecified atom stereocenters. The van der Waals surface area contributed by atoms with Gasteiger partial charge in [-0.1, -0.05) is 0 Å². The van der Waals surface area contributed by atoms with Gasteiger partial charge in [-0.25, -0.2) is 0 Å². The Labute approximate surface area is 138 Å². The lowest BCUT2D eigenvalue weighted by molar-refractivity contribution is -0.138. The summed E-state index contributed by atoms with van der Waals surface area (Å²) in [5.74, 6) is 0.313. The fourth-order valence-corrected chi connectivity index (χ4v) is 4.02. The van der Waals surface area contributed by atoms with Crippen LogP contribution >= 0.6 is 0 Å². The first-order valence-corrected chi connectivity index (χ1v) is 8.64.